The molecule has 0 aromatic carbocycles. The number of carbonyl (C=O) groups excluding carboxylic acids is 2. The first-order chi connectivity index (χ1) is 8.82. The quantitative estimate of drug-likeness (QED) is 0.748. The molecule has 6 heteroatoms. The Kier molecular flexibility index (Phi) is 3.52. The van der Waals surface area contributed by atoms with E-state index in [2.05, 4.69) is 0 Å². The minimum atomic E-state index is -0.968. The first kappa shape index (κ1) is 13.8. The van der Waals surface area contributed by atoms with E-state index in [0.29, 0.717) is 6.42 Å². The average Bonchev–Trinajstić information content (AvgIpc) is 2.54. The highest BCUT2D eigenvalue weighted by Gasteiger charge is 2.56. The van der Waals surface area contributed by atoms with Crippen LogP contribution in [0.3, 0.4) is 0 Å². The highest BCUT2D eigenvalue weighted by molar-refractivity contribution is 5.79. The average molecular weight is 270 g/mol. The lowest BCUT2D eigenvalue weighted by Crippen LogP contribution is -2.48. The zero-order valence-corrected chi connectivity index (χ0v) is 11.2. The number of carboxylic acid groups (broad SMARTS) is 1. The van der Waals surface area contributed by atoms with Crippen LogP contribution >= 0.6 is 0 Å². The maximum Gasteiger partial charge on any atom is 0.309 e. The Morgan fingerprint density at radius 3 is 2.53 bits per heavy atom. The Bertz CT molecular complexity index is 417. The minimum Gasteiger partial charge on any atom is -0.481 e. The van der Waals surface area contributed by atoms with Crippen LogP contribution in [0.5, 0.6) is 0 Å². The van der Waals surface area contributed by atoms with Gasteiger partial charge in [0, 0.05) is 18.8 Å². The number of hydrogen-bond acceptors (Lipinski definition) is 5. The number of rotatable bonds is 2. The van der Waals surface area contributed by atoms with E-state index in [9.17, 15) is 19.5 Å². The molecule has 1 aliphatic heterocycles. The van der Waals surface area contributed by atoms with Gasteiger partial charge in [-0.15, -0.1) is 0 Å². The lowest BCUT2D eigenvalue weighted by atomic mass is 9.65. The molecule has 1 unspecified atom stereocenters. The summed E-state index contributed by atoms with van der Waals surface area (Å²) in [4.78, 5) is 34.3. The molecule has 1 heterocycles. The number of cyclic esters (lactones) is 1. The summed E-state index contributed by atoms with van der Waals surface area (Å²) in [5.41, 5.74) is 0. The molecular formula is C13H18O6. The minimum absolute atomic E-state index is 0.334. The molecule has 0 radical (unpaired) electrons. The van der Waals surface area contributed by atoms with Gasteiger partial charge in [-0.25, -0.2) is 0 Å². The fourth-order valence-electron chi connectivity index (χ4n) is 3.43. The molecule has 6 nitrogen and oxygen atoms in total. The Hall–Kier alpha value is -1.59. The molecule has 106 valence electrons. The van der Waals surface area contributed by atoms with E-state index < -0.39 is 36.0 Å². The van der Waals surface area contributed by atoms with Crippen molar-refractivity contribution in [2.24, 2.45) is 23.7 Å². The van der Waals surface area contributed by atoms with E-state index in [1.165, 1.54) is 6.92 Å². The SMILES string of the molecule is CC(=O)O[C@@H]1CC2C(=O)O[C@H](C)[C@H]2[C@@H](C(=O)O)[C@@H]1C. The van der Waals surface area contributed by atoms with E-state index in [1.807, 2.05) is 0 Å². The van der Waals surface area contributed by atoms with Gasteiger partial charge in [-0.2, -0.15) is 0 Å². The van der Waals surface area contributed by atoms with Gasteiger partial charge in [0.1, 0.15) is 12.2 Å². The molecule has 0 amide bonds. The third kappa shape index (κ3) is 2.31. The van der Waals surface area contributed by atoms with E-state index >= 15 is 0 Å². The highest BCUT2D eigenvalue weighted by atomic mass is 16.6. The van der Waals surface area contributed by atoms with Gasteiger partial charge < -0.3 is 14.6 Å². The standard InChI is InChI=1S/C13H18O6/c1-5-9(19-7(3)14)4-8-11(10(5)12(15)16)6(2)18-13(8)17/h5-6,8-11H,4H2,1-3H3,(H,15,16)/t5-,6-,8?,9-,10+,11-/m1/s1. The summed E-state index contributed by atoms with van der Waals surface area (Å²) in [6.45, 7) is 4.75. The second kappa shape index (κ2) is 4.83. The molecule has 1 saturated carbocycles. The fourth-order valence-corrected chi connectivity index (χ4v) is 3.43. The van der Waals surface area contributed by atoms with Gasteiger partial charge in [-0.3, -0.25) is 14.4 Å². The van der Waals surface area contributed by atoms with Crippen LogP contribution in [0.15, 0.2) is 0 Å². The van der Waals surface area contributed by atoms with Crippen LogP contribution in [0, 0.1) is 23.7 Å². The van der Waals surface area contributed by atoms with Gasteiger partial charge in [-0.05, 0) is 13.3 Å². The number of ether oxygens (including phenoxy) is 2. The first-order valence-corrected chi connectivity index (χ1v) is 6.43. The van der Waals surface area contributed by atoms with Crippen molar-refractivity contribution < 1.29 is 29.0 Å². The van der Waals surface area contributed by atoms with Crippen LogP contribution in [-0.4, -0.2) is 35.2 Å². The summed E-state index contributed by atoms with van der Waals surface area (Å²) in [6, 6.07) is 0. The largest absolute Gasteiger partial charge is 0.481 e. The molecule has 0 aromatic rings. The third-order valence-electron chi connectivity index (χ3n) is 4.27. The smallest absolute Gasteiger partial charge is 0.309 e. The Morgan fingerprint density at radius 1 is 1.37 bits per heavy atom. The maximum atomic E-state index is 11.8. The third-order valence-corrected chi connectivity index (χ3v) is 4.27. The molecule has 0 spiro atoms. The van der Waals surface area contributed by atoms with Crippen molar-refractivity contribution in [3.05, 3.63) is 0 Å². The summed E-state index contributed by atoms with van der Waals surface area (Å²) >= 11 is 0. The van der Waals surface area contributed by atoms with E-state index in [4.69, 9.17) is 9.47 Å². The van der Waals surface area contributed by atoms with E-state index in [1.54, 1.807) is 13.8 Å². The number of aliphatic carboxylic acids is 1. The van der Waals surface area contributed by atoms with Crippen LogP contribution in [0.25, 0.3) is 0 Å². The second-order valence-corrected chi connectivity index (χ2v) is 5.43. The lowest BCUT2D eigenvalue weighted by Gasteiger charge is -2.39. The lowest BCUT2D eigenvalue weighted by molar-refractivity contribution is -0.166. The number of esters is 2. The van der Waals surface area contributed by atoms with Crippen LogP contribution < -0.4 is 0 Å². The van der Waals surface area contributed by atoms with Gasteiger partial charge in [0.25, 0.3) is 0 Å². The van der Waals surface area contributed by atoms with Crippen molar-refractivity contribution in [2.75, 3.05) is 0 Å². The molecule has 1 aliphatic carbocycles. The van der Waals surface area contributed by atoms with Gasteiger partial charge in [-0.1, -0.05) is 6.92 Å². The molecule has 0 bridgehead atoms. The first-order valence-electron chi connectivity index (χ1n) is 6.43. The Labute approximate surface area is 111 Å². The molecule has 6 atom stereocenters. The molecule has 1 N–H and O–H groups in total. The monoisotopic (exact) mass is 270 g/mol. The molecule has 2 aliphatic rings. The summed E-state index contributed by atoms with van der Waals surface area (Å²) < 4.78 is 10.3. The predicted molar refractivity (Wildman–Crippen MR) is 63.0 cm³/mol. The number of carboxylic acids is 1. The predicted octanol–water partition coefficient (Wildman–Crippen LogP) is 0.836. The molecule has 19 heavy (non-hydrogen) atoms. The van der Waals surface area contributed by atoms with Crippen molar-refractivity contribution in [3.63, 3.8) is 0 Å². The number of carbonyl (C=O) groups is 3. The van der Waals surface area contributed by atoms with Crippen molar-refractivity contribution >= 4 is 17.9 Å². The second-order valence-electron chi connectivity index (χ2n) is 5.43. The summed E-state index contributed by atoms with van der Waals surface area (Å²) in [5, 5.41) is 9.40. The topological polar surface area (TPSA) is 89.9 Å². The van der Waals surface area contributed by atoms with E-state index in [-0.39, 0.29) is 17.8 Å². The zero-order valence-electron chi connectivity index (χ0n) is 11.2. The summed E-state index contributed by atoms with van der Waals surface area (Å²) in [7, 11) is 0. The van der Waals surface area contributed by atoms with Gasteiger partial charge in [0.05, 0.1) is 11.8 Å². The van der Waals surface area contributed by atoms with Gasteiger partial charge in [0.15, 0.2) is 0 Å². The van der Waals surface area contributed by atoms with Crippen LogP contribution in [0.4, 0.5) is 0 Å². The molecule has 0 aromatic heterocycles. The normalized spacial score (nSPS) is 41.3. The van der Waals surface area contributed by atoms with Gasteiger partial charge >= 0.3 is 17.9 Å². The number of hydrogen-bond donors (Lipinski definition) is 1. The maximum absolute atomic E-state index is 11.8. The summed E-state index contributed by atoms with van der Waals surface area (Å²) in [6.07, 6.45) is -0.602. The fraction of sp³-hybridized carbons (Fsp3) is 0.769. The van der Waals surface area contributed by atoms with Crippen LogP contribution in [-0.2, 0) is 23.9 Å². The van der Waals surface area contributed by atoms with Crippen molar-refractivity contribution in [3.8, 4) is 0 Å². The number of fused-ring (bicyclic) bond motifs is 1. The van der Waals surface area contributed by atoms with Crippen molar-refractivity contribution in [2.45, 2.75) is 39.4 Å². The Morgan fingerprint density at radius 2 is 2.00 bits per heavy atom. The highest BCUT2D eigenvalue weighted by Crippen LogP contribution is 2.47. The molecule has 2 fully saturated rings. The zero-order chi connectivity index (χ0) is 14.3. The van der Waals surface area contributed by atoms with Crippen molar-refractivity contribution in [1.29, 1.82) is 0 Å². The molecule has 2 rings (SSSR count). The van der Waals surface area contributed by atoms with Gasteiger partial charge in [0.2, 0.25) is 0 Å². The summed E-state index contributed by atoms with van der Waals surface area (Å²) in [5.74, 6) is -3.70. The van der Waals surface area contributed by atoms with E-state index in [0.717, 1.165) is 0 Å². The van der Waals surface area contributed by atoms with Crippen LogP contribution in [0.1, 0.15) is 27.2 Å². The van der Waals surface area contributed by atoms with Crippen molar-refractivity contribution in [1.82, 2.24) is 0 Å². The molecular weight excluding hydrogens is 252 g/mol. The Balaban J connectivity index is 2.30. The van der Waals surface area contributed by atoms with Crippen LogP contribution in [0.2, 0.25) is 0 Å². The molecule has 1 saturated heterocycles.